The van der Waals surface area contributed by atoms with Crippen molar-refractivity contribution in [1.82, 2.24) is 10.2 Å². The molecule has 1 aliphatic heterocycles. The van der Waals surface area contributed by atoms with E-state index >= 15 is 0 Å². The summed E-state index contributed by atoms with van der Waals surface area (Å²) in [4.78, 5) is 26.2. The fraction of sp³-hybridized carbons (Fsp3) is 0.300. The smallest absolute Gasteiger partial charge is 0.261 e. The van der Waals surface area contributed by atoms with Crippen molar-refractivity contribution in [2.45, 2.75) is 33.0 Å². The van der Waals surface area contributed by atoms with Gasteiger partial charge in [-0.1, -0.05) is 36.4 Å². The molecule has 0 saturated carbocycles. The van der Waals surface area contributed by atoms with Gasteiger partial charge in [0.05, 0.1) is 6.54 Å². The molecule has 1 unspecified atom stereocenters. The number of fused-ring (bicyclic) bond motifs is 1. The lowest BCUT2D eigenvalue weighted by molar-refractivity contribution is -0.135. The minimum Gasteiger partial charge on any atom is -0.481 e. The van der Waals surface area contributed by atoms with E-state index in [1.165, 1.54) is 11.1 Å². The first-order chi connectivity index (χ1) is 12.0. The number of rotatable bonds is 5. The quantitative estimate of drug-likeness (QED) is 0.911. The minimum absolute atomic E-state index is 0.0195. The number of hydrogen-bond donors (Lipinski definition) is 1. The van der Waals surface area contributed by atoms with Crippen LogP contribution in [0.25, 0.3) is 0 Å². The molecular formula is C20H22N2O3. The monoisotopic (exact) mass is 338 g/mol. The molecule has 25 heavy (non-hydrogen) atoms. The molecule has 5 nitrogen and oxygen atoms in total. The fourth-order valence-corrected chi connectivity index (χ4v) is 2.87. The van der Waals surface area contributed by atoms with E-state index in [2.05, 4.69) is 5.32 Å². The lowest BCUT2D eigenvalue weighted by Crippen LogP contribution is -2.42. The second-order valence-corrected chi connectivity index (χ2v) is 6.31. The van der Waals surface area contributed by atoms with Gasteiger partial charge >= 0.3 is 0 Å². The van der Waals surface area contributed by atoms with Crippen LogP contribution in [0.2, 0.25) is 0 Å². The van der Waals surface area contributed by atoms with Crippen molar-refractivity contribution in [3.05, 3.63) is 65.2 Å². The van der Waals surface area contributed by atoms with Crippen molar-refractivity contribution in [1.29, 1.82) is 0 Å². The number of benzene rings is 2. The molecule has 1 atom stereocenters. The van der Waals surface area contributed by atoms with Gasteiger partial charge in [0.2, 0.25) is 5.91 Å². The number of aryl methyl sites for hydroxylation is 1. The molecule has 0 saturated heterocycles. The van der Waals surface area contributed by atoms with Crippen LogP contribution in [-0.4, -0.2) is 29.4 Å². The average Bonchev–Trinajstić information content (AvgIpc) is 3.03. The molecule has 0 bridgehead atoms. The van der Waals surface area contributed by atoms with Crippen molar-refractivity contribution >= 4 is 11.8 Å². The number of carbonyl (C=O) groups excluding carboxylic acids is 2. The lowest BCUT2D eigenvalue weighted by Gasteiger charge is -2.18. The van der Waals surface area contributed by atoms with Gasteiger partial charge in [0, 0.05) is 13.1 Å². The molecule has 2 aromatic rings. The van der Waals surface area contributed by atoms with Gasteiger partial charge in [-0.25, -0.2) is 0 Å². The highest BCUT2D eigenvalue weighted by atomic mass is 16.5. The first-order valence-corrected chi connectivity index (χ1v) is 8.38. The van der Waals surface area contributed by atoms with Crippen molar-refractivity contribution in [3.8, 4) is 5.75 Å². The van der Waals surface area contributed by atoms with E-state index in [0.29, 0.717) is 18.8 Å². The second-order valence-electron chi connectivity index (χ2n) is 6.31. The van der Waals surface area contributed by atoms with E-state index in [9.17, 15) is 9.59 Å². The van der Waals surface area contributed by atoms with Crippen LogP contribution >= 0.6 is 0 Å². The molecule has 130 valence electrons. The molecule has 2 aromatic carbocycles. The van der Waals surface area contributed by atoms with Gasteiger partial charge in [-0.15, -0.1) is 0 Å². The third-order valence-electron chi connectivity index (χ3n) is 4.28. The third kappa shape index (κ3) is 4.18. The Hall–Kier alpha value is -2.82. The molecule has 3 rings (SSSR count). The summed E-state index contributed by atoms with van der Waals surface area (Å²) in [5.41, 5.74) is 3.39. The number of nitrogens with zero attached hydrogens (tertiary/aromatic N) is 1. The summed E-state index contributed by atoms with van der Waals surface area (Å²) in [5.74, 6) is 0.253. The number of ether oxygens (including phenoxy) is 1. The normalized spacial score (nSPS) is 13.9. The number of nitrogens with one attached hydrogen (secondary N) is 1. The molecule has 0 fully saturated rings. The molecule has 1 N–H and O–H groups in total. The third-order valence-corrected chi connectivity index (χ3v) is 4.28. The van der Waals surface area contributed by atoms with Crippen LogP contribution in [0.5, 0.6) is 5.75 Å². The van der Waals surface area contributed by atoms with Gasteiger partial charge < -0.3 is 15.0 Å². The summed E-state index contributed by atoms with van der Waals surface area (Å²) in [6.07, 6.45) is -0.662. The Bertz CT molecular complexity index is 763. The topological polar surface area (TPSA) is 58.6 Å². The molecule has 0 radical (unpaired) electrons. The Balaban J connectivity index is 1.48. The van der Waals surface area contributed by atoms with Crippen molar-refractivity contribution in [2.24, 2.45) is 0 Å². The van der Waals surface area contributed by atoms with Crippen LogP contribution < -0.4 is 10.1 Å². The van der Waals surface area contributed by atoms with Gasteiger partial charge in [-0.05, 0) is 42.7 Å². The van der Waals surface area contributed by atoms with Gasteiger partial charge in [0.25, 0.3) is 5.91 Å². The Morgan fingerprint density at radius 1 is 1.12 bits per heavy atom. The van der Waals surface area contributed by atoms with Crippen LogP contribution in [0.3, 0.4) is 0 Å². The zero-order chi connectivity index (χ0) is 17.8. The Kier molecular flexibility index (Phi) is 5.03. The molecule has 0 aliphatic carbocycles. The molecule has 1 heterocycles. The van der Waals surface area contributed by atoms with Crippen molar-refractivity contribution < 1.29 is 14.3 Å². The van der Waals surface area contributed by atoms with Crippen LogP contribution in [-0.2, 0) is 22.7 Å². The highest BCUT2D eigenvalue weighted by Crippen LogP contribution is 2.21. The number of amides is 2. The van der Waals surface area contributed by atoms with Crippen LogP contribution in [0.1, 0.15) is 23.6 Å². The fourth-order valence-electron chi connectivity index (χ4n) is 2.87. The standard InChI is InChI=1S/C20H22N2O3/c1-14-6-5-9-18(10-14)25-15(2)20(24)21-11-19(23)22-12-16-7-3-4-8-17(16)13-22/h3-10,15H,11-13H2,1-2H3,(H,21,24). The van der Waals surface area contributed by atoms with Crippen LogP contribution in [0.15, 0.2) is 48.5 Å². The SMILES string of the molecule is Cc1cccc(OC(C)C(=O)NCC(=O)N2Cc3ccccc3C2)c1. The summed E-state index contributed by atoms with van der Waals surface area (Å²) in [5, 5.41) is 2.67. The van der Waals surface area contributed by atoms with Crippen molar-refractivity contribution in [2.75, 3.05) is 6.54 Å². The van der Waals surface area contributed by atoms with E-state index in [4.69, 9.17) is 4.74 Å². The van der Waals surface area contributed by atoms with Crippen LogP contribution in [0, 0.1) is 6.92 Å². The Morgan fingerprint density at radius 3 is 2.44 bits per heavy atom. The summed E-state index contributed by atoms with van der Waals surface area (Å²) in [7, 11) is 0. The maximum Gasteiger partial charge on any atom is 0.261 e. The second kappa shape index (κ2) is 7.38. The lowest BCUT2D eigenvalue weighted by atomic mass is 10.1. The summed E-state index contributed by atoms with van der Waals surface area (Å²) >= 11 is 0. The Morgan fingerprint density at radius 2 is 1.80 bits per heavy atom. The minimum atomic E-state index is -0.662. The predicted octanol–water partition coefficient (Wildman–Crippen LogP) is 2.42. The first-order valence-electron chi connectivity index (χ1n) is 8.38. The van der Waals surface area contributed by atoms with E-state index < -0.39 is 6.10 Å². The highest BCUT2D eigenvalue weighted by Gasteiger charge is 2.24. The maximum absolute atomic E-state index is 12.3. The van der Waals surface area contributed by atoms with Gasteiger partial charge in [-0.2, -0.15) is 0 Å². The zero-order valence-corrected chi connectivity index (χ0v) is 14.5. The van der Waals surface area contributed by atoms with Crippen LogP contribution in [0.4, 0.5) is 0 Å². The summed E-state index contributed by atoms with van der Waals surface area (Å²) in [6, 6.07) is 15.5. The molecule has 1 aliphatic rings. The van der Waals surface area contributed by atoms with Gasteiger partial charge in [0.1, 0.15) is 5.75 Å². The predicted molar refractivity (Wildman–Crippen MR) is 95.0 cm³/mol. The largest absolute Gasteiger partial charge is 0.481 e. The molecule has 0 aromatic heterocycles. The highest BCUT2D eigenvalue weighted by molar-refractivity contribution is 5.87. The van der Waals surface area contributed by atoms with Gasteiger partial charge in [0.15, 0.2) is 6.10 Å². The zero-order valence-electron chi connectivity index (χ0n) is 14.5. The maximum atomic E-state index is 12.3. The summed E-state index contributed by atoms with van der Waals surface area (Å²) < 4.78 is 5.63. The summed E-state index contributed by atoms with van der Waals surface area (Å²) in [6.45, 7) is 4.81. The first kappa shape index (κ1) is 17.0. The molecule has 0 spiro atoms. The Labute approximate surface area is 147 Å². The van der Waals surface area contributed by atoms with E-state index in [1.807, 2.05) is 55.5 Å². The number of hydrogen-bond acceptors (Lipinski definition) is 3. The van der Waals surface area contributed by atoms with E-state index in [0.717, 1.165) is 5.56 Å². The average molecular weight is 338 g/mol. The molecule has 2 amide bonds. The van der Waals surface area contributed by atoms with Gasteiger partial charge in [-0.3, -0.25) is 9.59 Å². The van der Waals surface area contributed by atoms with E-state index in [1.54, 1.807) is 11.8 Å². The van der Waals surface area contributed by atoms with Crippen molar-refractivity contribution in [3.63, 3.8) is 0 Å². The molecule has 5 heteroatoms. The molecular weight excluding hydrogens is 316 g/mol. The van der Waals surface area contributed by atoms with E-state index in [-0.39, 0.29) is 18.4 Å². The number of carbonyl (C=O) groups is 2.